The Balaban J connectivity index is 0.000000191. The van der Waals surface area contributed by atoms with Gasteiger partial charge in [0, 0.05) is 104 Å². The molecular formula is C62H44Cd2N8O14S2. The Morgan fingerprint density at radius 1 is 0.307 bits per heavy atom. The first-order chi connectivity index (χ1) is 40.4. The first-order valence-electron chi connectivity index (χ1n) is 24.8. The summed E-state index contributed by atoms with van der Waals surface area (Å²) in [4.78, 5) is 54.0. The number of phenols is 2. The molecule has 6 aromatic carbocycles. The standard InChI is InChI=1S/4C12H8N2.2C7H6O6S.2Cd.2H2O/c4*1-3-9-5-6-10-4-2-8-14-12(10)11(9)13-7-1;2*8-6-2-1-4(14(11,12)13)3-5(6)7(9)10;;;;/h4*1-8H;2*1-3,8H,(H,9,10)(H,11,12,13);;;2*1H2/q;;;;;;2*+2;;/p-4. The van der Waals surface area contributed by atoms with Crippen molar-refractivity contribution < 1.29 is 122 Å². The number of hydrogen-bond acceptors (Lipinski definition) is 20. The molecule has 0 amide bonds. The second-order valence-corrected chi connectivity index (χ2v) is 20.5. The van der Waals surface area contributed by atoms with Gasteiger partial charge in [0.2, 0.25) is 0 Å². The fraction of sp³-hybridized carbons (Fsp3) is 0. The number of hydrogen-bond donors (Lipinski definition) is 2. The molecule has 0 aliphatic rings. The summed E-state index contributed by atoms with van der Waals surface area (Å²) in [7, 11) is -9.46. The average molecular weight is 1410 g/mol. The van der Waals surface area contributed by atoms with Gasteiger partial charge < -0.3 is 50.1 Å². The normalized spacial score (nSPS) is 10.5. The monoisotopic (exact) mass is 1420 g/mol. The number of aromatic hydroxyl groups is 2. The number of carboxylic acid groups (broad SMARTS) is 2. The van der Waals surface area contributed by atoms with Gasteiger partial charge in [0.05, 0.1) is 65.9 Å². The van der Waals surface area contributed by atoms with Gasteiger partial charge in [-0.3, -0.25) is 39.9 Å². The number of nitrogens with zero attached hydrogens (tertiary/aromatic N) is 8. The van der Waals surface area contributed by atoms with Crippen molar-refractivity contribution in [3.05, 3.63) is 243 Å². The average Bonchev–Trinajstić information content (AvgIpc) is 1.49. The van der Waals surface area contributed by atoms with E-state index < -0.39 is 64.6 Å². The summed E-state index contributed by atoms with van der Waals surface area (Å²) < 4.78 is 62.8. The van der Waals surface area contributed by atoms with Gasteiger partial charge in [0.25, 0.3) is 0 Å². The molecule has 0 fully saturated rings. The van der Waals surface area contributed by atoms with Gasteiger partial charge in [0.15, 0.2) is 0 Å². The minimum Gasteiger partial charge on any atom is -0.744 e. The third-order valence-corrected chi connectivity index (χ3v) is 14.0. The van der Waals surface area contributed by atoms with Crippen molar-refractivity contribution in [2.24, 2.45) is 0 Å². The van der Waals surface area contributed by atoms with Crippen LogP contribution in [-0.2, 0) is 74.8 Å². The molecule has 8 heterocycles. The maximum atomic E-state index is 10.5. The maximum Gasteiger partial charge on any atom is 2.00 e. The molecule has 0 saturated heterocycles. The summed E-state index contributed by atoms with van der Waals surface area (Å²) in [5.41, 5.74) is 6.35. The van der Waals surface area contributed by atoms with E-state index in [1.807, 2.05) is 48.5 Å². The van der Waals surface area contributed by atoms with Crippen LogP contribution in [0.25, 0.3) is 87.2 Å². The minimum absolute atomic E-state index is 0. The van der Waals surface area contributed by atoms with Crippen LogP contribution in [0.1, 0.15) is 20.7 Å². The largest absolute Gasteiger partial charge is 2.00 e. The van der Waals surface area contributed by atoms with Crippen LogP contribution >= 0.6 is 0 Å². The summed E-state index contributed by atoms with van der Waals surface area (Å²) in [6.45, 7) is 0. The number of carbonyl (C=O) groups excluding carboxylic acids is 2. The third kappa shape index (κ3) is 17.0. The van der Waals surface area contributed by atoms with Crippen molar-refractivity contribution in [1.82, 2.24) is 39.9 Å². The van der Waals surface area contributed by atoms with Crippen molar-refractivity contribution in [3.63, 3.8) is 0 Å². The number of aromatic carboxylic acids is 2. The molecule has 0 aliphatic heterocycles. The van der Waals surface area contributed by atoms with Crippen LogP contribution < -0.4 is 10.2 Å². The van der Waals surface area contributed by atoms with Crippen molar-refractivity contribution in [3.8, 4) is 11.5 Å². The predicted octanol–water partition coefficient (Wildman–Crippen LogP) is 6.80. The fourth-order valence-electron chi connectivity index (χ4n) is 8.39. The molecule has 6 N–H and O–H groups in total. The van der Waals surface area contributed by atoms with E-state index in [1.165, 1.54) is 0 Å². The molecule has 0 bridgehead atoms. The molecule has 0 saturated carbocycles. The molecule has 0 aliphatic carbocycles. The molecule has 26 heteroatoms. The Morgan fingerprint density at radius 2 is 0.477 bits per heavy atom. The Kier molecular flexibility index (Phi) is 24.8. The fourth-order valence-corrected chi connectivity index (χ4v) is 9.38. The van der Waals surface area contributed by atoms with Crippen molar-refractivity contribution in [2.45, 2.75) is 9.79 Å². The number of rotatable bonds is 4. The summed E-state index contributed by atoms with van der Waals surface area (Å²) in [6, 6.07) is 52.9. The van der Waals surface area contributed by atoms with E-state index in [4.69, 9.17) is 10.2 Å². The number of aromatic nitrogens is 8. The van der Waals surface area contributed by atoms with E-state index in [1.54, 1.807) is 49.6 Å². The molecule has 14 rings (SSSR count). The number of benzene rings is 6. The van der Waals surface area contributed by atoms with Crippen LogP contribution in [0.15, 0.2) is 241 Å². The molecule has 432 valence electrons. The zero-order valence-corrected chi connectivity index (χ0v) is 55.4. The van der Waals surface area contributed by atoms with E-state index in [0.29, 0.717) is 12.1 Å². The van der Waals surface area contributed by atoms with E-state index in [-0.39, 0.29) is 65.5 Å². The van der Waals surface area contributed by atoms with Crippen molar-refractivity contribution in [2.75, 3.05) is 0 Å². The van der Waals surface area contributed by atoms with Crippen molar-refractivity contribution in [1.29, 1.82) is 0 Å². The number of pyridine rings is 8. The first-order valence-corrected chi connectivity index (χ1v) is 27.6. The SMILES string of the molecule is O.O.O=C([O-])c1cc(S(=O)(=O)[O-])ccc1O.O=C([O-])c1cc(S(=O)(=O)[O-])ccc1O.[Cd+2].[Cd+2].c1cnc2c(c1)ccc1cccnc12.c1cnc2c(c1)ccc1cccnc12.c1cnc2c(c1)ccc1cccnc12.c1cnc2c(c1)ccc1cccnc12. The maximum absolute atomic E-state index is 10.5. The zero-order chi connectivity index (χ0) is 59.4. The van der Waals surface area contributed by atoms with Gasteiger partial charge in [0.1, 0.15) is 31.7 Å². The molecule has 0 spiro atoms. The Bertz CT molecular complexity index is 4270. The Labute approximate surface area is 540 Å². The van der Waals surface area contributed by atoms with Crippen LogP contribution in [0.4, 0.5) is 0 Å². The van der Waals surface area contributed by atoms with Crippen LogP contribution in [-0.4, -0.2) is 98.9 Å². The summed E-state index contributed by atoms with van der Waals surface area (Å²) in [5, 5.41) is 47.7. The molecule has 14 aromatic rings. The number of carboxylic acids is 2. The van der Waals surface area contributed by atoms with Gasteiger partial charge >= 0.3 is 54.6 Å². The molecule has 0 atom stereocenters. The molecule has 8 aromatic heterocycles. The zero-order valence-electron chi connectivity index (χ0n) is 45.7. The number of carbonyl (C=O) groups is 2. The molecule has 0 radical (unpaired) electrons. The van der Waals surface area contributed by atoms with E-state index in [0.717, 1.165) is 111 Å². The van der Waals surface area contributed by atoms with E-state index >= 15 is 0 Å². The molecular weight excluding hydrogens is 1370 g/mol. The molecule has 88 heavy (non-hydrogen) atoms. The summed E-state index contributed by atoms with van der Waals surface area (Å²) in [5.74, 6) is -4.82. The smallest absolute Gasteiger partial charge is 0.744 e. The van der Waals surface area contributed by atoms with E-state index in [2.05, 4.69) is 137 Å². The van der Waals surface area contributed by atoms with Crippen molar-refractivity contribution >= 4 is 119 Å². The Hall–Kier alpha value is -9.28. The first kappa shape index (κ1) is 69.5. The van der Waals surface area contributed by atoms with Gasteiger partial charge in [-0.15, -0.1) is 0 Å². The Morgan fingerprint density at radius 3 is 0.625 bits per heavy atom. The van der Waals surface area contributed by atoms with Crippen LogP contribution in [0.5, 0.6) is 11.5 Å². The second kappa shape index (κ2) is 31.4. The van der Waals surface area contributed by atoms with Crippen LogP contribution in [0, 0.1) is 0 Å². The van der Waals surface area contributed by atoms with Gasteiger partial charge in [-0.2, -0.15) is 0 Å². The van der Waals surface area contributed by atoms with Gasteiger partial charge in [-0.25, -0.2) is 16.8 Å². The topological polar surface area (TPSA) is 401 Å². The van der Waals surface area contributed by atoms with Crippen LogP contribution in [0.3, 0.4) is 0 Å². The molecule has 22 nitrogen and oxygen atoms in total. The number of fused-ring (bicyclic) bond motifs is 12. The van der Waals surface area contributed by atoms with Gasteiger partial charge in [-0.05, 0) is 84.9 Å². The quantitative estimate of drug-likeness (QED) is 0.104. The predicted molar refractivity (Wildman–Crippen MR) is 316 cm³/mol. The van der Waals surface area contributed by atoms with Gasteiger partial charge in [-0.1, -0.05) is 97.1 Å². The molecule has 0 unspecified atom stereocenters. The summed E-state index contributed by atoms with van der Waals surface area (Å²) >= 11 is 0. The summed E-state index contributed by atoms with van der Waals surface area (Å²) in [6.07, 6.45) is 14.4. The van der Waals surface area contributed by atoms with E-state index in [9.17, 15) is 45.7 Å². The second-order valence-electron chi connectivity index (χ2n) is 17.7. The minimum atomic E-state index is -4.73. The van der Waals surface area contributed by atoms with Crippen LogP contribution in [0.2, 0.25) is 0 Å². The third-order valence-electron chi connectivity index (χ3n) is 12.3.